The van der Waals surface area contributed by atoms with Crippen molar-refractivity contribution in [1.82, 2.24) is 4.72 Å². The molecule has 0 saturated carbocycles. The molecule has 0 fully saturated rings. The van der Waals surface area contributed by atoms with Gasteiger partial charge in [0.2, 0.25) is 10.0 Å². The molecule has 2 aromatic rings. The van der Waals surface area contributed by atoms with Gasteiger partial charge in [0.1, 0.15) is 4.90 Å². The molecule has 0 radical (unpaired) electrons. The summed E-state index contributed by atoms with van der Waals surface area (Å²) in [4.78, 5) is -0.145. The molecule has 2 rings (SSSR count). The largest absolute Gasteiger partial charge is 0.280 e. The van der Waals surface area contributed by atoms with Crippen molar-refractivity contribution in [3.05, 3.63) is 52.5 Å². The third-order valence-corrected chi connectivity index (χ3v) is 6.91. The van der Waals surface area contributed by atoms with E-state index in [1.807, 2.05) is 0 Å². The van der Waals surface area contributed by atoms with E-state index >= 15 is 0 Å². The maximum absolute atomic E-state index is 12.5. The van der Waals surface area contributed by atoms with E-state index in [-0.39, 0.29) is 25.5 Å². The van der Waals surface area contributed by atoms with Crippen LogP contribution in [0, 0.1) is 0 Å². The molecule has 10 heteroatoms. The quantitative estimate of drug-likeness (QED) is 0.743. The molecule has 142 valence electrons. The number of benzene rings is 2. The Kier molecular flexibility index (Phi) is 5.94. The van der Waals surface area contributed by atoms with Gasteiger partial charge in [0.15, 0.2) is 0 Å². The molecule has 6 nitrogen and oxygen atoms in total. The first-order chi connectivity index (χ1) is 11.8. The van der Waals surface area contributed by atoms with Gasteiger partial charge in [-0.2, -0.15) is 0 Å². The average molecular weight is 437 g/mol. The maximum atomic E-state index is 12.5. The van der Waals surface area contributed by atoms with E-state index in [9.17, 15) is 16.8 Å². The Bertz CT molecular complexity index is 1010. The number of anilines is 1. The van der Waals surface area contributed by atoms with Crippen LogP contribution < -0.4 is 9.44 Å². The molecule has 0 aliphatic rings. The molecule has 26 heavy (non-hydrogen) atoms. The van der Waals surface area contributed by atoms with Crippen molar-refractivity contribution in [3.63, 3.8) is 0 Å². The van der Waals surface area contributed by atoms with Crippen molar-refractivity contribution in [2.45, 2.75) is 36.1 Å². The van der Waals surface area contributed by atoms with E-state index in [1.165, 1.54) is 42.5 Å². The van der Waals surface area contributed by atoms with Crippen LogP contribution in [0.15, 0.2) is 52.3 Å². The van der Waals surface area contributed by atoms with Crippen molar-refractivity contribution >= 4 is 48.9 Å². The molecule has 0 unspecified atom stereocenters. The standard InChI is InChI=1S/C16H18Cl2N2O4S2/c1-16(2,3)20-25(21,22)13-7-5-12(6-8-13)19-26(23,24)15-10-11(17)4-9-14(15)18/h4-10,19-20H,1-3H3. The Balaban J connectivity index is 2.28. The fourth-order valence-corrected chi connectivity index (χ4v) is 5.30. The summed E-state index contributed by atoms with van der Waals surface area (Å²) in [6.07, 6.45) is 0. The Hall–Kier alpha value is -1.32. The second-order valence-electron chi connectivity index (χ2n) is 6.56. The van der Waals surface area contributed by atoms with Crippen LogP contribution in [0.2, 0.25) is 10.0 Å². The van der Waals surface area contributed by atoms with Crippen LogP contribution in [0.4, 0.5) is 5.69 Å². The third kappa shape index (κ3) is 5.34. The number of halogens is 2. The normalized spacial score (nSPS) is 12.8. The van der Waals surface area contributed by atoms with Crippen LogP contribution in [0.1, 0.15) is 20.8 Å². The fraction of sp³-hybridized carbons (Fsp3) is 0.250. The van der Waals surface area contributed by atoms with Gasteiger partial charge in [-0.1, -0.05) is 23.2 Å². The van der Waals surface area contributed by atoms with Gasteiger partial charge in [-0.25, -0.2) is 21.6 Å². The Morgan fingerprint density at radius 3 is 1.96 bits per heavy atom. The number of nitrogens with one attached hydrogen (secondary N) is 2. The molecule has 0 heterocycles. The minimum absolute atomic E-state index is 0.0236. The molecule has 0 amide bonds. The monoisotopic (exact) mass is 436 g/mol. The average Bonchev–Trinajstić information content (AvgIpc) is 2.47. The second kappa shape index (κ2) is 7.36. The summed E-state index contributed by atoms with van der Waals surface area (Å²) < 4.78 is 54.3. The van der Waals surface area contributed by atoms with Gasteiger partial charge in [-0.05, 0) is 63.2 Å². The molecule has 0 bridgehead atoms. The lowest BCUT2D eigenvalue weighted by molar-refractivity contribution is 0.491. The van der Waals surface area contributed by atoms with E-state index in [4.69, 9.17) is 23.2 Å². The van der Waals surface area contributed by atoms with Crippen molar-refractivity contribution < 1.29 is 16.8 Å². The van der Waals surface area contributed by atoms with Crippen LogP contribution >= 0.6 is 23.2 Å². The SMILES string of the molecule is CC(C)(C)NS(=O)(=O)c1ccc(NS(=O)(=O)c2cc(Cl)ccc2Cl)cc1. The van der Waals surface area contributed by atoms with Gasteiger partial charge in [-0.15, -0.1) is 0 Å². The van der Waals surface area contributed by atoms with Crippen LogP contribution in [-0.4, -0.2) is 22.4 Å². The second-order valence-corrected chi connectivity index (χ2v) is 10.7. The molecular formula is C16H18Cl2N2O4S2. The zero-order valence-corrected chi connectivity index (χ0v) is 17.4. The van der Waals surface area contributed by atoms with E-state index in [0.717, 1.165) is 0 Å². The first kappa shape index (κ1) is 21.0. The molecule has 2 N–H and O–H groups in total. The van der Waals surface area contributed by atoms with Gasteiger partial charge in [0.05, 0.1) is 9.92 Å². The summed E-state index contributed by atoms with van der Waals surface area (Å²) in [6, 6.07) is 9.42. The smallest absolute Gasteiger partial charge is 0.263 e. The van der Waals surface area contributed by atoms with Crippen molar-refractivity contribution in [2.24, 2.45) is 0 Å². The van der Waals surface area contributed by atoms with Gasteiger partial charge in [-0.3, -0.25) is 4.72 Å². The zero-order valence-electron chi connectivity index (χ0n) is 14.2. The van der Waals surface area contributed by atoms with Crippen molar-refractivity contribution in [1.29, 1.82) is 0 Å². The predicted molar refractivity (Wildman–Crippen MR) is 104 cm³/mol. The maximum Gasteiger partial charge on any atom is 0.263 e. The lowest BCUT2D eigenvalue weighted by atomic mass is 10.1. The van der Waals surface area contributed by atoms with E-state index in [0.29, 0.717) is 0 Å². The molecule has 0 aliphatic carbocycles. The topological polar surface area (TPSA) is 92.3 Å². The minimum Gasteiger partial charge on any atom is -0.280 e. The fourth-order valence-electron chi connectivity index (χ4n) is 2.06. The van der Waals surface area contributed by atoms with Gasteiger partial charge >= 0.3 is 0 Å². The van der Waals surface area contributed by atoms with Crippen molar-refractivity contribution in [2.75, 3.05) is 4.72 Å². The van der Waals surface area contributed by atoms with E-state index in [1.54, 1.807) is 20.8 Å². The van der Waals surface area contributed by atoms with Gasteiger partial charge in [0.25, 0.3) is 10.0 Å². The van der Waals surface area contributed by atoms with Crippen LogP contribution in [-0.2, 0) is 20.0 Å². The van der Waals surface area contributed by atoms with Gasteiger partial charge in [0, 0.05) is 16.2 Å². The van der Waals surface area contributed by atoms with E-state index < -0.39 is 25.6 Å². The summed E-state index contributed by atoms with van der Waals surface area (Å²) in [5, 5.41) is 0.250. The molecule has 0 spiro atoms. The Morgan fingerprint density at radius 1 is 0.846 bits per heavy atom. The summed E-state index contributed by atoms with van der Waals surface area (Å²) in [7, 11) is -7.68. The lowest BCUT2D eigenvalue weighted by Gasteiger charge is -2.20. The summed E-state index contributed by atoms with van der Waals surface area (Å²) >= 11 is 11.8. The summed E-state index contributed by atoms with van der Waals surface area (Å²) in [6.45, 7) is 5.17. The number of hydrogen-bond acceptors (Lipinski definition) is 4. The van der Waals surface area contributed by atoms with Crippen molar-refractivity contribution in [3.8, 4) is 0 Å². The number of sulfonamides is 2. The summed E-state index contributed by atoms with van der Waals surface area (Å²) in [5.41, 5.74) is -0.446. The molecule has 0 aliphatic heterocycles. The highest BCUT2D eigenvalue weighted by Gasteiger charge is 2.23. The molecule has 0 saturated heterocycles. The Morgan fingerprint density at radius 2 is 1.42 bits per heavy atom. The first-order valence-corrected chi connectivity index (χ1v) is 11.1. The minimum atomic E-state index is -3.98. The molecular weight excluding hydrogens is 419 g/mol. The van der Waals surface area contributed by atoms with Crippen LogP contribution in [0.5, 0.6) is 0 Å². The highest BCUT2D eigenvalue weighted by molar-refractivity contribution is 7.92. The first-order valence-electron chi connectivity index (χ1n) is 7.42. The third-order valence-electron chi connectivity index (χ3n) is 3.04. The van der Waals surface area contributed by atoms with Crippen LogP contribution in [0.25, 0.3) is 0 Å². The summed E-state index contributed by atoms with van der Waals surface area (Å²) in [5.74, 6) is 0. The number of hydrogen-bond donors (Lipinski definition) is 2. The number of rotatable bonds is 5. The zero-order chi connectivity index (χ0) is 19.8. The molecule has 2 aromatic carbocycles. The lowest BCUT2D eigenvalue weighted by Crippen LogP contribution is -2.40. The van der Waals surface area contributed by atoms with Gasteiger partial charge < -0.3 is 0 Å². The van der Waals surface area contributed by atoms with E-state index in [2.05, 4.69) is 9.44 Å². The highest BCUT2D eigenvalue weighted by atomic mass is 35.5. The Labute approximate surface area is 163 Å². The molecule has 0 aromatic heterocycles. The predicted octanol–water partition coefficient (Wildman–Crippen LogP) is 3.87. The highest BCUT2D eigenvalue weighted by Crippen LogP contribution is 2.27. The van der Waals surface area contributed by atoms with Crippen LogP contribution in [0.3, 0.4) is 0 Å². The molecule has 0 atom stereocenters.